The fourth-order valence-electron chi connectivity index (χ4n) is 1.46. The summed E-state index contributed by atoms with van der Waals surface area (Å²) in [6.45, 7) is 2.72. The van der Waals surface area contributed by atoms with E-state index in [1.165, 1.54) is 4.68 Å². The van der Waals surface area contributed by atoms with Gasteiger partial charge in [-0.2, -0.15) is 0 Å². The van der Waals surface area contributed by atoms with Crippen LogP contribution in [-0.4, -0.2) is 28.7 Å². The highest BCUT2D eigenvalue weighted by Crippen LogP contribution is 2.23. The number of hydrogen-bond acceptors (Lipinski definition) is 3. The zero-order chi connectivity index (χ0) is 12.1. The van der Waals surface area contributed by atoms with Gasteiger partial charge in [-0.15, -0.1) is 16.7 Å². The van der Waals surface area contributed by atoms with Crippen molar-refractivity contribution in [1.82, 2.24) is 15.0 Å². The summed E-state index contributed by atoms with van der Waals surface area (Å²) >= 11 is 5.51. The van der Waals surface area contributed by atoms with Crippen LogP contribution >= 0.6 is 11.6 Å². The van der Waals surface area contributed by atoms with Crippen LogP contribution in [0.3, 0.4) is 0 Å². The van der Waals surface area contributed by atoms with Crippen molar-refractivity contribution in [2.75, 3.05) is 13.7 Å². The second kappa shape index (κ2) is 6.10. The SMILES string of the molecule is COCC(C)Cn1nnc(CCl)c1C(F)F. The molecule has 7 heteroatoms. The van der Waals surface area contributed by atoms with E-state index >= 15 is 0 Å². The van der Waals surface area contributed by atoms with Gasteiger partial charge < -0.3 is 4.74 Å². The summed E-state index contributed by atoms with van der Waals surface area (Å²) < 4.78 is 31.6. The van der Waals surface area contributed by atoms with Gasteiger partial charge in [0.05, 0.1) is 12.5 Å². The lowest BCUT2D eigenvalue weighted by molar-refractivity contribution is 0.125. The third kappa shape index (κ3) is 3.12. The van der Waals surface area contributed by atoms with E-state index in [0.717, 1.165) is 0 Å². The van der Waals surface area contributed by atoms with Crippen molar-refractivity contribution in [3.05, 3.63) is 11.4 Å². The maximum absolute atomic E-state index is 12.8. The highest BCUT2D eigenvalue weighted by atomic mass is 35.5. The number of hydrogen-bond donors (Lipinski definition) is 0. The third-order valence-corrected chi connectivity index (χ3v) is 2.37. The molecule has 1 unspecified atom stereocenters. The molecule has 0 bridgehead atoms. The standard InChI is InChI=1S/C9H14ClF2N3O/c1-6(5-16-2)4-15-8(9(11)12)7(3-10)13-14-15/h6,9H,3-5H2,1-2H3. The summed E-state index contributed by atoms with van der Waals surface area (Å²) in [5, 5.41) is 7.31. The molecule has 0 N–H and O–H groups in total. The lowest BCUT2D eigenvalue weighted by Crippen LogP contribution is -2.16. The molecule has 0 radical (unpaired) electrons. The van der Waals surface area contributed by atoms with Crippen LogP contribution in [0.15, 0.2) is 0 Å². The molecule has 0 aromatic carbocycles. The van der Waals surface area contributed by atoms with Crippen LogP contribution in [0.25, 0.3) is 0 Å². The number of methoxy groups -OCH3 is 1. The van der Waals surface area contributed by atoms with Crippen molar-refractivity contribution in [2.24, 2.45) is 5.92 Å². The Hall–Kier alpha value is -0.750. The molecule has 0 fully saturated rings. The first-order valence-corrected chi connectivity index (χ1v) is 5.38. The Kier molecular flexibility index (Phi) is 5.08. The first kappa shape index (κ1) is 13.3. The van der Waals surface area contributed by atoms with E-state index in [9.17, 15) is 8.78 Å². The van der Waals surface area contributed by atoms with Crippen LogP contribution in [0.1, 0.15) is 24.7 Å². The predicted octanol–water partition coefficient (Wildman–Crippen LogP) is 2.24. The largest absolute Gasteiger partial charge is 0.384 e. The fourth-order valence-corrected chi connectivity index (χ4v) is 1.65. The minimum Gasteiger partial charge on any atom is -0.384 e. The van der Waals surface area contributed by atoms with Gasteiger partial charge in [0.25, 0.3) is 6.43 Å². The van der Waals surface area contributed by atoms with Crippen molar-refractivity contribution in [3.8, 4) is 0 Å². The topological polar surface area (TPSA) is 39.9 Å². The molecule has 1 rings (SSSR count). The van der Waals surface area contributed by atoms with Crippen molar-refractivity contribution in [2.45, 2.75) is 25.8 Å². The summed E-state index contributed by atoms with van der Waals surface area (Å²) in [6.07, 6.45) is -2.61. The summed E-state index contributed by atoms with van der Waals surface area (Å²) in [5.41, 5.74) is -0.0563. The molecule has 1 heterocycles. The monoisotopic (exact) mass is 253 g/mol. The third-order valence-electron chi connectivity index (χ3n) is 2.12. The van der Waals surface area contributed by atoms with Gasteiger partial charge in [0.15, 0.2) is 0 Å². The molecule has 16 heavy (non-hydrogen) atoms. The molecule has 0 aliphatic carbocycles. The van der Waals surface area contributed by atoms with Crippen LogP contribution in [0.2, 0.25) is 0 Å². The Morgan fingerprint density at radius 2 is 2.19 bits per heavy atom. The van der Waals surface area contributed by atoms with E-state index in [1.54, 1.807) is 7.11 Å². The quantitative estimate of drug-likeness (QED) is 0.730. The van der Waals surface area contributed by atoms with Crippen LogP contribution < -0.4 is 0 Å². The van der Waals surface area contributed by atoms with Crippen LogP contribution in [-0.2, 0) is 17.2 Å². The van der Waals surface area contributed by atoms with Gasteiger partial charge in [0.1, 0.15) is 11.4 Å². The normalized spacial score (nSPS) is 13.4. The summed E-state index contributed by atoms with van der Waals surface area (Å²) in [4.78, 5) is 0. The zero-order valence-electron chi connectivity index (χ0n) is 9.16. The Balaban J connectivity index is 2.83. The van der Waals surface area contributed by atoms with E-state index < -0.39 is 6.43 Å². The molecule has 92 valence electrons. The minimum atomic E-state index is -2.61. The summed E-state index contributed by atoms with van der Waals surface area (Å²) in [5.74, 6) is 0.0330. The van der Waals surface area contributed by atoms with E-state index in [4.69, 9.17) is 16.3 Å². The second-order valence-electron chi connectivity index (χ2n) is 3.60. The summed E-state index contributed by atoms with van der Waals surface area (Å²) in [6, 6.07) is 0. The number of aromatic nitrogens is 3. The molecule has 0 aliphatic rings. The van der Waals surface area contributed by atoms with Gasteiger partial charge in [0, 0.05) is 13.7 Å². The number of rotatable bonds is 6. The molecular formula is C9H14ClF2N3O. The molecule has 1 aromatic heterocycles. The maximum Gasteiger partial charge on any atom is 0.281 e. The number of nitrogens with zero attached hydrogens (tertiary/aromatic N) is 3. The van der Waals surface area contributed by atoms with Gasteiger partial charge in [-0.05, 0) is 5.92 Å². The van der Waals surface area contributed by atoms with E-state index in [1.807, 2.05) is 6.92 Å². The van der Waals surface area contributed by atoms with Crippen molar-refractivity contribution in [1.29, 1.82) is 0 Å². The van der Waals surface area contributed by atoms with Crippen molar-refractivity contribution in [3.63, 3.8) is 0 Å². The van der Waals surface area contributed by atoms with E-state index in [2.05, 4.69) is 10.3 Å². The van der Waals surface area contributed by atoms with Crippen molar-refractivity contribution < 1.29 is 13.5 Å². The minimum absolute atomic E-state index is 0.0572. The van der Waals surface area contributed by atoms with Crippen LogP contribution in [0.4, 0.5) is 8.78 Å². The highest BCUT2D eigenvalue weighted by molar-refractivity contribution is 6.16. The molecule has 0 aliphatic heterocycles. The molecule has 4 nitrogen and oxygen atoms in total. The van der Waals surface area contributed by atoms with Gasteiger partial charge in [0.2, 0.25) is 0 Å². The average Bonchev–Trinajstić information content (AvgIpc) is 2.61. The summed E-state index contributed by atoms with van der Waals surface area (Å²) in [7, 11) is 1.57. The van der Waals surface area contributed by atoms with Gasteiger partial charge in [-0.25, -0.2) is 13.5 Å². The van der Waals surface area contributed by atoms with Gasteiger partial charge in [-0.1, -0.05) is 12.1 Å². The molecule has 1 aromatic rings. The Labute approximate surface area is 97.5 Å². The predicted molar refractivity (Wildman–Crippen MR) is 55.6 cm³/mol. The van der Waals surface area contributed by atoms with Crippen LogP contribution in [0.5, 0.6) is 0 Å². The Bertz CT molecular complexity index is 333. The Morgan fingerprint density at radius 3 is 2.69 bits per heavy atom. The van der Waals surface area contributed by atoms with E-state index in [-0.39, 0.29) is 23.2 Å². The smallest absolute Gasteiger partial charge is 0.281 e. The number of alkyl halides is 3. The molecule has 0 spiro atoms. The van der Waals surface area contributed by atoms with Gasteiger partial charge in [-0.3, -0.25) is 0 Å². The molecular weight excluding hydrogens is 240 g/mol. The molecule has 1 atom stereocenters. The number of halogens is 3. The van der Waals surface area contributed by atoms with Gasteiger partial charge >= 0.3 is 0 Å². The molecule has 0 saturated carbocycles. The average molecular weight is 254 g/mol. The first-order valence-electron chi connectivity index (χ1n) is 4.85. The fraction of sp³-hybridized carbons (Fsp3) is 0.778. The van der Waals surface area contributed by atoms with Crippen molar-refractivity contribution >= 4 is 11.6 Å². The highest BCUT2D eigenvalue weighted by Gasteiger charge is 2.21. The number of ether oxygens (including phenoxy) is 1. The second-order valence-corrected chi connectivity index (χ2v) is 3.87. The molecule has 0 saturated heterocycles. The molecule has 0 amide bonds. The maximum atomic E-state index is 12.8. The lowest BCUT2D eigenvalue weighted by atomic mass is 10.2. The zero-order valence-corrected chi connectivity index (χ0v) is 9.92. The van der Waals surface area contributed by atoms with Crippen LogP contribution in [0, 0.1) is 5.92 Å². The first-order chi connectivity index (χ1) is 7.60. The lowest BCUT2D eigenvalue weighted by Gasteiger charge is -2.12. The Morgan fingerprint density at radius 1 is 1.50 bits per heavy atom. The van der Waals surface area contributed by atoms with E-state index in [0.29, 0.717) is 13.2 Å².